The Balaban J connectivity index is 2.66. The van der Waals surface area contributed by atoms with Crippen molar-refractivity contribution in [3.63, 3.8) is 0 Å². The lowest BCUT2D eigenvalue weighted by molar-refractivity contribution is 0.0969. The second kappa shape index (κ2) is 6.87. The number of aromatic nitrogens is 2. The van der Waals surface area contributed by atoms with Gasteiger partial charge >= 0.3 is 0 Å². The Hall–Kier alpha value is -0.910. The molecule has 18 heavy (non-hydrogen) atoms. The van der Waals surface area contributed by atoms with Gasteiger partial charge in [0, 0.05) is 44.6 Å². The van der Waals surface area contributed by atoms with E-state index in [0.717, 1.165) is 18.7 Å². The van der Waals surface area contributed by atoms with Crippen molar-refractivity contribution in [2.24, 2.45) is 7.05 Å². The zero-order valence-corrected chi connectivity index (χ0v) is 11.9. The molecule has 5 nitrogen and oxygen atoms in total. The van der Waals surface area contributed by atoms with Gasteiger partial charge in [-0.3, -0.25) is 4.68 Å². The minimum atomic E-state index is -0.204. The molecule has 1 unspecified atom stereocenters. The van der Waals surface area contributed by atoms with Crippen molar-refractivity contribution in [2.75, 3.05) is 20.3 Å². The van der Waals surface area contributed by atoms with E-state index in [4.69, 9.17) is 9.84 Å². The molecule has 5 heteroatoms. The lowest BCUT2D eigenvalue weighted by Crippen LogP contribution is -2.46. The first kappa shape index (κ1) is 15.1. The Bertz CT molecular complexity index is 357. The van der Waals surface area contributed by atoms with E-state index in [-0.39, 0.29) is 12.1 Å². The second-order valence-corrected chi connectivity index (χ2v) is 4.95. The maximum absolute atomic E-state index is 9.12. The number of rotatable bonds is 8. The summed E-state index contributed by atoms with van der Waals surface area (Å²) < 4.78 is 7.06. The van der Waals surface area contributed by atoms with Crippen LogP contribution in [0.3, 0.4) is 0 Å². The Morgan fingerprint density at radius 2 is 2.28 bits per heavy atom. The number of hydrogen-bond acceptors (Lipinski definition) is 4. The fraction of sp³-hybridized carbons (Fsp3) is 0.769. The first-order valence-corrected chi connectivity index (χ1v) is 6.41. The molecule has 1 heterocycles. The summed E-state index contributed by atoms with van der Waals surface area (Å²) in [5.41, 5.74) is 2.12. The van der Waals surface area contributed by atoms with E-state index in [1.165, 1.54) is 5.56 Å². The van der Waals surface area contributed by atoms with E-state index >= 15 is 0 Å². The first-order valence-electron chi connectivity index (χ1n) is 6.41. The highest BCUT2D eigenvalue weighted by molar-refractivity contribution is 5.17. The van der Waals surface area contributed by atoms with E-state index in [9.17, 15) is 0 Å². The quantitative estimate of drug-likeness (QED) is 0.723. The molecule has 2 N–H and O–H groups in total. The Morgan fingerprint density at radius 3 is 2.83 bits per heavy atom. The van der Waals surface area contributed by atoms with Gasteiger partial charge in [-0.05, 0) is 19.8 Å². The summed E-state index contributed by atoms with van der Waals surface area (Å²) in [5.74, 6) is 0. The summed E-state index contributed by atoms with van der Waals surface area (Å²) in [6, 6.07) is 0. The van der Waals surface area contributed by atoms with Gasteiger partial charge in [0.2, 0.25) is 0 Å². The molecule has 0 spiro atoms. The van der Waals surface area contributed by atoms with E-state index in [1.54, 1.807) is 7.11 Å². The van der Waals surface area contributed by atoms with Crippen molar-refractivity contribution in [3.8, 4) is 0 Å². The molecule has 1 aromatic rings. The predicted molar refractivity (Wildman–Crippen MR) is 71.4 cm³/mol. The number of aliphatic hydroxyl groups is 1. The second-order valence-electron chi connectivity index (χ2n) is 4.95. The van der Waals surface area contributed by atoms with Crippen molar-refractivity contribution in [1.82, 2.24) is 15.1 Å². The van der Waals surface area contributed by atoms with Crippen LogP contribution >= 0.6 is 0 Å². The molecule has 0 aliphatic heterocycles. The molecule has 0 aliphatic carbocycles. The number of ether oxygens (including phenoxy) is 1. The Kier molecular flexibility index (Phi) is 5.78. The summed E-state index contributed by atoms with van der Waals surface area (Å²) in [6.45, 7) is 5.65. The van der Waals surface area contributed by atoms with Gasteiger partial charge in [0.1, 0.15) is 0 Å². The summed E-state index contributed by atoms with van der Waals surface area (Å²) >= 11 is 0. The van der Waals surface area contributed by atoms with Gasteiger partial charge < -0.3 is 15.2 Å². The third kappa shape index (κ3) is 4.08. The average Bonchev–Trinajstić information content (AvgIpc) is 2.68. The van der Waals surface area contributed by atoms with Crippen molar-refractivity contribution >= 4 is 0 Å². The monoisotopic (exact) mass is 255 g/mol. The van der Waals surface area contributed by atoms with Crippen LogP contribution in [0.2, 0.25) is 0 Å². The molecule has 0 saturated carbocycles. The molecule has 0 aliphatic rings. The largest absolute Gasteiger partial charge is 0.396 e. The maximum Gasteiger partial charge on any atom is 0.0666 e. The van der Waals surface area contributed by atoms with Crippen LogP contribution in [0.15, 0.2) is 6.20 Å². The average molecular weight is 255 g/mol. The first-order chi connectivity index (χ1) is 8.54. The molecule has 104 valence electrons. The van der Waals surface area contributed by atoms with Crippen LogP contribution in [0.25, 0.3) is 0 Å². The minimum Gasteiger partial charge on any atom is -0.396 e. The normalized spacial score (nSPS) is 14.7. The summed E-state index contributed by atoms with van der Waals surface area (Å²) in [5, 5.41) is 17.0. The van der Waals surface area contributed by atoms with Gasteiger partial charge in [-0.25, -0.2) is 0 Å². The van der Waals surface area contributed by atoms with Crippen molar-refractivity contribution in [2.45, 2.75) is 38.8 Å². The number of nitrogens with zero attached hydrogens (tertiary/aromatic N) is 2. The van der Waals surface area contributed by atoms with Crippen LogP contribution in [0.4, 0.5) is 0 Å². The number of aliphatic hydroxyl groups excluding tert-OH is 1. The van der Waals surface area contributed by atoms with Crippen LogP contribution < -0.4 is 5.32 Å². The molecule has 0 amide bonds. The van der Waals surface area contributed by atoms with Crippen LogP contribution in [0, 0.1) is 0 Å². The van der Waals surface area contributed by atoms with E-state index in [2.05, 4.69) is 24.3 Å². The van der Waals surface area contributed by atoms with Gasteiger partial charge in [-0.2, -0.15) is 5.10 Å². The van der Waals surface area contributed by atoms with Gasteiger partial charge in [0.15, 0.2) is 0 Å². The van der Waals surface area contributed by atoms with Crippen molar-refractivity contribution in [3.05, 3.63) is 17.5 Å². The molecule has 0 saturated heterocycles. The highest BCUT2D eigenvalue weighted by Gasteiger charge is 2.23. The number of nitrogens with one attached hydrogen (secondary N) is 1. The molecule has 0 aromatic carbocycles. The number of hydrogen-bond donors (Lipinski definition) is 2. The van der Waals surface area contributed by atoms with Gasteiger partial charge in [-0.1, -0.05) is 6.92 Å². The smallest absolute Gasteiger partial charge is 0.0666 e. The Labute approximate surface area is 109 Å². The third-order valence-corrected chi connectivity index (χ3v) is 3.16. The fourth-order valence-corrected chi connectivity index (χ4v) is 2.11. The topological polar surface area (TPSA) is 59.3 Å². The maximum atomic E-state index is 9.12. The predicted octanol–water partition coefficient (Wildman–Crippen LogP) is 0.860. The molecular weight excluding hydrogens is 230 g/mol. The molecular formula is C13H25N3O2. The lowest BCUT2D eigenvalue weighted by Gasteiger charge is -2.29. The zero-order chi connectivity index (χ0) is 13.6. The third-order valence-electron chi connectivity index (χ3n) is 3.16. The molecule has 0 radical (unpaired) electrons. The Morgan fingerprint density at radius 1 is 1.56 bits per heavy atom. The van der Waals surface area contributed by atoms with Crippen molar-refractivity contribution in [1.29, 1.82) is 0 Å². The van der Waals surface area contributed by atoms with Gasteiger partial charge in [-0.15, -0.1) is 0 Å². The molecule has 1 atom stereocenters. The van der Waals surface area contributed by atoms with E-state index in [0.29, 0.717) is 13.0 Å². The SMILES string of the molecule is CCc1nn(C)cc1CNC(C)(CCO)COC. The van der Waals surface area contributed by atoms with Crippen LogP contribution in [-0.4, -0.2) is 40.7 Å². The van der Waals surface area contributed by atoms with Crippen LogP contribution in [0.5, 0.6) is 0 Å². The van der Waals surface area contributed by atoms with E-state index in [1.807, 2.05) is 17.9 Å². The molecule has 0 bridgehead atoms. The van der Waals surface area contributed by atoms with Crippen LogP contribution in [-0.2, 0) is 24.8 Å². The molecule has 1 aromatic heterocycles. The number of methoxy groups -OCH3 is 1. The highest BCUT2D eigenvalue weighted by atomic mass is 16.5. The summed E-state index contributed by atoms with van der Waals surface area (Å²) in [4.78, 5) is 0. The lowest BCUT2D eigenvalue weighted by atomic mass is 9.99. The summed E-state index contributed by atoms with van der Waals surface area (Å²) in [7, 11) is 3.61. The number of aryl methyl sites for hydroxylation is 2. The summed E-state index contributed by atoms with van der Waals surface area (Å²) in [6.07, 6.45) is 3.64. The van der Waals surface area contributed by atoms with Crippen LogP contribution in [0.1, 0.15) is 31.5 Å². The fourth-order valence-electron chi connectivity index (χ4n) is 2.11. The zero-order valence-electron chi connectivity index (χ0n) is 11.9. The molecule has 1 rings (SSSR count). The molecule has 0 fully saturated rings. The standard InChI is InChI=1S/C13H25N3O2/c1-5-12-11(9-16(3)15-12)8-14-13(2,6-7-17)10-18-4/h9,14,17H,5-8,10H2,1-4H3. The van der Waals surface area contributed by atoms with Gasteiger partial charge in [0.05, 0.1) is 12.3 Å². The highest BCUT2D eigenvalue weighted by Crippen LogP contribution is 2.13. The minimum absolute atomic E-state index is 0.153. The van der Waals surface area contributed by atoms with E-state index < -0.39 is 0 Å². The van der Waals surface area contributed by atoms with Gasteiger partial charge in [0.25, 0.3) is 0 Å². The van der Waals surface area contributed by atoms with Crippen molar-refractivity contribution < 1.29 is 9.84 Å².